The quantitative estimate of drug-likeness (QED) is 0.453. The summed E-state index contributed by atoms with van der Waals surface area (Å²) in [6, 6.07) is 19.8. The van der Waals surface area contributed by atoms with E-state index in [0.29, 0.717) is 11.6 Å². The Kier molecular flexibility index (Phi) is 5.49. The van der Waals surface area contributed by atoms with Gasteiger partial charge in [-0.2, -0.15) is 5.10 Å². The molecule has 4 aromatic rings. The van der Waals surface area contributed by atoms with Crippen molar-refractivity contribution in [3.8, 4) is 22.6 Å². The number of nitrogens with zero attached hydrogens (tertiary/aromatic N) is 2. The topological polar surface area (TPSA) is 56.3 Å². The molecule has 0 saturated heterocycles. The molecule has 1 heterocycles. The monoisotopic (exact) mass is 405 g/mol. The fourth-order valence-electron chi connectivity index (χ4n) is 3.24. The summed E-state index contributed by atoms with van der Waals surface area (Å²) >= 11 is 6.13. The summed E-state index contributed by atoms with van der Waals surface area (Å²) < 4.78 is 10.7. The second-order valence-electron chi connectivity index (χ2n) is 6.54. The predicted molar refractivity (Wildman–Crippen MR) is 117 cm³/mol. The van der Waals surface area contributed by atoms with Crippen molar-refractivity contribution in [2.24, 2.45) is 0 Å². The van der Waals surface area contributed by atoms with Gasteiger partial charge >= 0.3 is 0 Å². The van der Waals surface area contributed by atoms with Crippen LogP contribution in [0.3, 0.4) is 0 Å². The third kappa shape index (κ3) is 4.10. The Morgan fingerprint density at radius 1 is 0.931 bits per heavy atom. The van der Waals surface area contributed by atoms with Gasteiger partial charge < -0.3 is 14.8 Å². The molecular weight excluding hydrogens is 386 g/mol. The van der Waals surface area contributed by atoms with Gasteiger partial charge in [0.05, 0.1) is 20.4 Å². The third-order valence-electron chi connectivity index (χ3n) is 4.76. The molecule has 146 valence electrons. The van der Waals surface area contributed by atoms with Gasteiger partial charge in [-0.15, -0.1) is 5.10 Å². The Morgan fingerprint density at radius 3 is 2.59 bits per heavy atom. The molecule has 0 aliphatic carbocycles. The molecule has 0 atom stereocenters. The van der Waals surface area contributed by atoms with Gasteiger partial charge in [-0.05, 0) is 47.5 Å². The zero-order chi connectivity index (χ0) is 20.2. The van der Waals surface area contributed by atoms with E-state index in [4.69, 9.17) is 21.1 Å². The molecule has 0 amide bonds. The van der Waals surface area contributed by atoms with Crippen LogP contribution in [0.25, 0.3) is 21.9 Å². The molecule has 0 saturated carbocycles. The van der Waals surface area contributed by atoms with Crippen molar-refractivity contribution in [2.75, 3.05) is 19.5 Å². The van der Waals surface area contributed by atoms with Crippen molar-refractivity contribution in [1.82, 2.24) is 10.2 Å². The van der Waals surface area contributed by atoms with Crippen LogP contribution in [0.1, 0.15) is 5.56 Å². The number of anilines is 1. The van der Waals surface area contributed by atoms with Crippen LogP contribution in [-0.4, -0.2) is 24.4 Å². The van der Waals surface area contributed by atoms with Crippen LogP contribution in [-0.2, 0) is 6.54 Å². The normalized spacial score (nSPS) is 10.7. The van der Waals surface area contributed by atoms with Gasteiger partial charge in [0.15, 0.2) is 5.82 Å². The van der Waals surface area contributed by atoms with Crippen LogP contribution in [0.2, 0.25) is 5.02 Å². The maximum absolute atomic E-state index is 6.13. The first-order chi connectivity index (χ1) is 14.2. The molecule has 1 N–H and O–H groups in total. The lowest BCUT2D eigenvalue weighted by molar-refractivity contribution is 0.391. The second-order valence-corrected chi connectivity index (χ2v) is 6.97. The van der Waals surface area contributed by atoms with E-state index in [1.54, 1.807) is 20.4 Å². The number of halogens is 1. The number of hydrogen-bond acceptors (Lipinski definition) is 5. The minimum absolute atomic E-state index is 0.553. The van der Waals surface area contributed by atoms with Crippen LogP contribution in [0, 0.1) is 0 Å². The summed E-state index contributed by atoms with van der Waals surface area (Å²) in [5.74, 6) is 2.23. The fourth-order valence-corrected chi connectivity index (χ4v) is 3.43. The minimum Gasteiger partial charge on any atom is -0.497 e. The average Bonchev–Trinajstić information content (AvgIpc) is 2.77. The highest BCUT2D eigenvalue weighted by Gasteiger charge is 2.09. The van der Waals surface area contributed by atoms with Crippen LogP contribution >= 0.6 is 11.6 Å². The molecule has 0 aliphatic rings. The summed E-state index contributed by atoms with van der Waals surface area (Å²) in [5.41, 5.74) is 3.15. The molecule has 0 fully saturated rings. The van der Waals surface area contributed by atoms with Crippen molar-refractivity contribution in [3.63, 3.8) is 0 Å². The Hall–Kier alpha value is -3.31. The van der Waals surface area contributed by atoms with Gasteiger partial charge in [0.25, 0.3) is 0 Å². The molecule has 0 unspecified atom stereocenters. The molecule has 1 aromatic heterocycles. The Bertz CT molecular complexity index is 1160. The second kappa shape index (κ2) is 8.37. The van der Waals surface area contributed by atoms with Crippen molar-refractivity contribution < 1.29 is 9.47 Å². The van der Waals surface area contributed by atoms with E-state index >= 15 is 0 Å². The summed E-state index contributed by atoms with van der Waals surface area (Å²) in [4.78, 5) is 0. The predicted octanol–water partition coefficient (Wildman–Crippen LogP) is 5.58. The SMILES string of the molecule is COc1ccc(CNc2nncc3cc(-c4cccc(Cl)c4)ccc23)c(OC)c1. The molecule has 0 spiro atoms. The summed E-state index contributed by atoms with van der Waals surface area (Å²) in [6.45, 7) is 0.553. The first-order valence-corrected chi connectivity index (χ1v) is 9.52. The summed E-state index contributed by atoms with van der Waals surface area (Å²) in [6.07, 6.45) is 1.77. The first-order valence-electron chi connectivity index (χ1n) is 9.14. The highest BCUT2D eigenvalue weighted by Crippen LogP contribution is 2.30. The van der Waals surface area contributed by atoms with Gasteiger partial charge in [-0.1, -0.05) is 29.8 Å². The molecule has 6 heteroatoms. The number of nitrogens with one attached hydrogen (secondary N) is 1. The zero-order valence-electron chi connectivity index (χ0n) is 16.1. The lowest BCUT2D eigenvalue weighted by atomic mass is 10.0. The van der Waals surface area contributed by atoms with Gasteiger partial charge in [0.1, 0.15) is 11.5 Å². The van der Waals surface area contributed by atoms with Gasteiger partial charge in [-0.3, -0.25) is 0 Å². The molecule has 5 nitrogen and oxygen atoms in total. The zero-order valence-corrected chi connectivity index (χ0v) is 16.9. The number of benzene rings is 3. The largest absolute Gasteiger partial charge is 0.497 e. The van der Waals surface area contributed by atoms with Gasteiger partial charge in [-0.25, -0.2) is 0 Å². The molecule has 4 rings (SSSR count). The van der Waals surface area contributed by atoms with Crippen molar-refractivity contribution in [2.45, 2.75) is 6.54 Å². The van der Waals surface area contributed by atoms with E-state index in [9.17, 15) is 0 Å². The maximum Gasteiger partial charge on any atom is 0.156 e. The van der Waals surface area contributed by atoms with E-state index in [2.05, 4.69) is 27.6 Å². The Morgan fingerprint density at radius 2 is 1.79 bits per heavy atom. The molecule has 0 aliphatic heterocycles. The Balaban J connectivity index is 1.62. The van der Waals surface area contributed by atoms with Crippen LogP contribution in [0.15, 0.2) is 66.9 Å². The van der Waals surface area contributed by atoms with Gasteiger partial charge in [0, 0.05) is 34.0 Å². The van der Waals surface area contributed by atoms with Crippen molar-refractivity contribution in [3.05, 3.63) is 77.4 Å². The number of aromatic nitrogens is 2. The first kappa shape index (κ1) is 19.0. The lowest BCUT2D eigenvalue weighted by Gasteiger charge is -2.13. The summed E-state index contributed by atoms with van der Waals surface area (Å²) in [5, 5.41) is 14.5. The molecule has 3 aromatic carbocycles. The van der Waals surface area contributed by atoms with Crippen LogP contribution < -0.4 is 14.8 Å². The number of hydrogen-bond donors (Lipinski definition) is 1. The number of fused-ring (bicyclic) bond motifs is 1. The standard InChI is InChI=1S/C23H20ClN3O2/c1-28-20-8-6-17(22(12-20)29-2)13-25-23-21-9-7-16(10-18(21)14-26-27-23)15-4-3-5-19(24)11-15/h3-12,14H,13H2,1-2H3,(H,25,27). The Labute approximate surface area is 174 Å². The smallest absolute Gasteiger partial charge is 0.156 e. The summed E-state index contributed by atoms with van der Waals surface area (Å²) in [7, 11) is 3.28. The molecule has 0 bridgehead atoms. The maximum atomic E-state index is 6.13. The van der Waals surface area contributed by atoms with Crippen molar-refractivity contribution >= 4 is 28.2 Å². The highest BCUT2D eigenvalue weighted by atomic mass is 35.5. The van der Waals surface area contributed by atoms with E-state index in [1.807, 2.05) is 48.5 Å². The van der Waals surface area contributed by atoms with Crippen LogP contribution in [0.4, 0.5) is 5.82 Å². The number of ether oxygens (including phenoxy) is 2. The number of methoxy groups -OCH3 is 2. The van der Waals surface area contributed by atoms with E-state index in [-0.39, 0.29) is 0 Å². The van der Waals surface area contributed by atoms with Gasteiger partial charge in [0.2, 0.25) is 0 Å². The lowest BCUT2D eigenvalue weighted by Crippen LogP contribution is -2.05. The molecule has 29 heavy (non-hydrogen) atoms. The fraction of sp³-hybridized carbons (Fsp3) is 0.130. The number of rotatable bonds is 6. The van der Waals surface area contributed by atoms with Crippen LogP contribution in [0.5, 0.6) is 11.5 Å². The molecular formula is C23H20ClN3O2. The highest BCUT2D eigenvalue weighted by molar-refractivity contribution is 6.30. The van der Waals surface area contributed by atoms with E-state index in [1.165, 1.54) is 0 Å². The molecule has 0 radical (unpaired) electrons. The minimum atomic E-state index is 0.553. The average molecular weight is 406 g/mol. The third-order valence-corrected chi connectivity index (χ3v) is 4.99. The van der Waals surface area contributed by atoms with E-state index in [0.717, 1.165) is 44.8 Å². The van der Waals surface area contributed by atoms with E-state index < -0.39 is 0 Å². The van der Waals surface area contributed by atoms with Crippen molar-refractivity contribution in [1.29, 1.82) is 0 Å².